The largest absolute Gasteiger partial charge is 0.497 e. The lowest BCUT2D eigenvalue weighted by Gasteiger charge is -2.24. The Morgan fingerprint density at radius 3 is 2.54 bits per heavy atom. The zero-order chi connectivity index (χ0) is 17.8. The number of anilines is 1. The first-order chi connectivity index (χ1) is 12.1. The topological polar surface area (TPSA) is 89.1 Å². The minimum absolute atomic E-state index is 0. The van der Waals surface area contributed by atoms with Gasteiger partial charge in [-0.1, -0.05) is 0 Å². The van der Waals surface area contributed by atoms with Crippen molar-refractivity contribution in [1.82, 2.24) is 10.6 Å². The third kappa shape index (κ3) is 4.38. The van der Waals surface area contributed by atoms with Crippen LogP contribution in [0.1, 0.15) is 6.42 Å². The van der Waals surface area contributed by atoms with Gasteiger partial charge in [0.05, 0.1) is 33.1 Å². The molecule has 26 heavy (non-hydrogen) atoms. The van der Waals surface area contributed by atoms with Gasteiger partial charge < -0.3 is 29.7 Å². The molecule has 1 aromatic carbocycles. The van der Waals surface area contributed by atoms with Gasteiger partial charge in [-0.3, -0.25) is 9.59 Å². The summed E-state index contributed by atoms with van der Waals surface area (Å²) in [6.07, 6.45) is 0.553. The minimum atomic E-state index is -0.534. The van der Waals surface area contributed by atoms with Gasteiger partial charge in [0.2, 0.25) is 11.8 Å². The maximum absolute atomic E-state index is 12.7. The van der Waals surface area contributed by atoms with Crippen LogP contribution in [0.4, 0.5) is 5.69 Å². The van der Waals surface area contributed by atoms with Crippen LogP contribution in [0.15, 0.2) is 18.2 Å². The van der Waals surface area contributed by atoms with Crippen molar-refractivity contribution in [2.45, 2.75) is 18.5 Å². The predicted molar refractivity (Wildman–Crippen MR) is 98.3 cm³/mol. The lowest BCUT2D eigenvalue weighted by molar-refractivity contribution is -0.129. The van der Waals surface area contributed by atoms with E-state index in [1.54, 1.807) is 37.3 Å². The SMILES string of the molecule is COc1cc(OC)cc(N2CCC(NC(=O)C3COCCN3)C2=O)c1.Cl. The van der Waals surface area contributed by atoms with E-state index >= 15 is 0 Å². The first kappa shape index (κ1) is 20.3. The summed E-state index contributed by atoms with van der Waals surface area (Å²) in [7, 11) is 3.12. The molecule has 0 spiro atoms. The second kappa shape index (κ2) is 9.07. The van der Waals surface area contributed by atoms with Crippen LogP contribution in [0, 0.1) is 0 Å². The van der Waals surface area contributed by atoms with Crippen molar-refractivity contribution in [3.8, 4) is 11.5 Å². The van der Waals surface area contributed by atoms with Crippen LogP contribution in [0.5, 0.6) is 11.5 Å². The lowest BCUT2D eigenvalue weighted by Crippen LogP contribution is -2.54. The van der Waals surface area contributed by atoms with Crippen molar-refractivity contribution >= 4 is 29.9 Å². The van der Waals surface area contributed by atoms with E-state index in [1.165, 1.54) is 0 Å². The third-order valence-electron chi connectivity index (χ3n) is 4.41. The molecule has 0 aromatic heterocycles. The number of hydrogen-bond acceptors (Lipinski definition) is 6. The molecule has 8 nitrogen and oxygen atoms in total. The van der Waals surface area contributed by atoms with Crippen LogP contribution in [-0.2, 0) is 14.3 Å². The highest BCUT2D eigenvalue weighted by Gasteiger charge is 2.35. The average molecular weight is 386 g/mol. The van der Waals surface area contributed by atoms with Crippen molar-refractivity contribution in [1.29, 1.82) is 0 Å². The molecule has 144 valence electrons. The summed E-state index contributed by atoms with van der Waals surface area (Å²) in [4.78, 5) is 26.6. The Morgan fingerprint density at radius 1 is 1.27 bits per heavy atom. The average Bonchev–Trinajstić information content (AvgIpc) is 3.02. The highest BCUT2D eigenvalue weighted by molar-refractivity contribution is 6.02. The molecule has 9 heteroatoms. The van der Waals surface area contributed by atoms with E-state index < -0.39 is 12.1 Å². The number of amides is 2. The number of carbonyl (C=O) groups is 2. The molecule has 2 aliphatic heterocycles. The monoisotopic (exact) mass is 385 g/mol. The number of halogens is 1. The molecular formula is C17H24ClN3O5. The smallest absolute Gasteiger partial charge is 0.249 e. The van der Waals surface area contributed by atoms with E-state index in [9.17, 15) is 9.59 Å². The molecule has 0 radical (unpaired) electrons. The number of carbonyl (C=O) groups excluding carboxylic acids is 2. The first-order valence-electron chi connectivity index (χ1n) is 8.28. The lowest BCUT2D eigenvalue weighted by atomic mass is 10.2. The Labute approximate surface area is 158 Å². The number of nitrogens with one attached hydrogen (secondary N) is 2. The van der Waals surface area contributed by atoms with Gasteiger partial charge in [0, 0.05) is 31.3 Å². The molecule has 3 rings (SSSR count). The number of benzene rings is 1. The number of methoxy groups -OCH3 is 2. The van der Waals surface area contributed by atoms with E-state index in [4.69, 9.17) is 14.2 Å². The van der Waals surface area contributed by atoms with E-state index in [0.29, 0.717) is 49.9 Å². The first-order valence-corrected chi connectivity index (χ1v) is 8.28. The molecule has 2 amide bonds. The minimum Gasteiger partial charge on any atom is -0.497 e. The maximum Gasteiger partial charge on any atom is 0.249 e. The molecule has 2 heterocycles. The highest BCUT2D eigenvalue weighted by Crippen LogP contribution is 2.30. The Balaban J connectivity index is 0.00000243. The van der Waals surface area contributed by atoms with E-state index in [2.05, 4.69) is 10.6 Å². The standard InChI is InChI=1S/C17H23N3O5.ClH/c1-23-12-7-11(8-13(9-12)24-2)20-5-3-14(17(20)22)19-16(21)15-10-25-6-4-18-15;/h7-9,14-15,18H,3-6,10H2,1-2H3,(H,19,21);1H. The Bertz CT molecular complexity index is 629. The fourth-order valence-electron chi connectivity index (χ4n) is 3.02. The molecular weight excluding hydrogens is 362 g/mol. The fourth-order valence-corrected chi connectivity index (χ4v) is 3.02. The van der Waals surface area contributed by atoms with Crippen molar-refractivity contribution in [3.63, 3.8) is 0 Å². The van der Waals surface area contributed by atoms with Gasteiger partial charge in [-0.25, -0.2) is 0 Å². The summed E-state index contributed by atoms with van der Waals surface area (Å²) in [6, 6.07) is 4.36. The van der Waals surface area contributed by atoms with E-state index in [-0.39, 0.29) is 24.2 Å². The van der Waals surface area contributed by atoms with E-state index in [1.807, 2.05) is 0 Å². The number of nitrogens with zero attached hydrogens (tertiary/aromatic N) is 1. The number of ether oxygens (including phenoxy) is 3. The van der Waals surface area contributed by atoms with Gasteiger partial charge in [-0.2, -0.15) is 0 Å². The second-order valence-corrected chi connectivity index (χ2v) is 5.99. The molecule has 2 atom stereocenters. The molecule has 2 N–H and O–H groups in total. The Morgan fingerprint density at radius 2 is 1.96 bits per heavy atom. The number of hydrogen-bond donors (Lipinski definition) is 2. The fraction of sp³-hybridized carbons (Fsp3) is 0.529. The summed E-state index contributed by atoms with van der Waals surface area (Å²) in [6.45, 7) is 2.07. The van der Waals surface area contributed by atoms with Gasteiger partial charge in [0.25, 0.3) is 0 Å². The predicted octanol–water partition coefficient (Wildman–Crippen LogP) is 0.336. The Kier molecular flexibility index (Phi) is 7.07. The third-order valence-corrected chi connectivity index (χ3v) is 4.41. The van der Waals surface area contributed by atoms with Crippen molar-refractivity contribution in [2.24, 2.45) is 0 Å². The molecule has 0 aliphatic carbocycles. The summed E-state index contributed by atoms with van der Waals surface area (Å²) in [5.74, 6) is 0.875. The second-order valence-electron chi connectivity index (χ2n) is 5.99. The maximum atomic E-state index is 12.7. The van der Waals surface area contributed by atoms with Crippen molar-refractivity contribution in [2.75, 3.05) is 45.4 Å². The van der Waals surface area contributed by atoms with Crippen LogP contribution in [0.3, 0.4) is 0 Å². The quantitative estimate of drug-likeness (QED) is 0.759. The molecule has 2 fully saturated rings. The summed E-state index contributed by atoms with van der Waals surface area (Å²) < 4.78 is 15.8. The van der Waals surface area contributed by atoms with E-state index in [0.717, 1.165) is 0 Å². The molecule has 2 aliphatic rings. The van der Waals surface area contributed by atoms with Crippen LogP contribution in [-0.4, -0.2) is 64.4 Å². The molecule has 1 aromatic rings. The summed E-state index contributed by atoms with van der Waals surface area (Å²) >= 11 is 0. The van der Waals surface area contributed by atoms with Crippen LogP contribution in [0.2, 0.25) is 0 Å². The highest BCUT2D eigenvalue weighted by atomic mass is 35.5. The van der Waals surface area contributed by atoms with Crippen molar-refractivity contribution in [3.05, 3.63) is 18.2 Å². The summed E-state index contributed by atoms with van der Waals surface area (Å²) in [5.41, 5.74) is 0.692. The molecule has 2 unspecified atom stereocenters. The van der Waals surface area contributed by atoms with Gasteiger partial charge in [0.1, 0.15) is 23.6 Å². The normalized spacial score (nSPS) is 22.5. The zero-order valence-electron chi connectivity index (χ0n) is 14.8. The van der Waals surface area contributed by atoms with Crippen molar-refractivity contribution < 1.29 is 23.8 Å². The summed E-state index contributed by atoms with van der Waals surface area (Å²) in [5, 5.41) is 5.91. The van der Waals surface area contributed by atoms with Crippen LogP contribution >= 0.6 is 12.4 Å². The zero-order valence-corrected chi connectivity index (χ0v) is 15.6. The van der Waals surface area contributed by atoms with Gasteiger partial charge in [-0.05, 0) is 6.42 Å². The molecule has 2 saturated heterocycles. The van der Waals surface area contributed by atoms with Gasteiger partial charge >= 0.3 is 0 Å². The number of morpholine rings is 1. The Hall–Kier alpha value is -2.03. The number of rotatable bonds is 5. The van der Waals surface area contributed by atoms with Gasteiger partial charge in [-0.15, -0.1) is 12.4 Å². The molecule has 0 bridgehead atoms. The molecule has 0 saturated carbocycles. The van der Waals surface area contributed by atoms with Crippen LogP contribution < -0.4 is 25.0 Å². The van der Waals surface area contributed by atoms with Gasteiger partial charge in [0.15, 0.2) is 0 Å². The van der Waals surface area contributed by atoms with Crippen LogP contribution in [0.25, 0.3) is 0 Å².